The second-order valence-corrected chi connectivity index (χ2v) is 30.0. The van der Waals surface area contributed by atoms with Crippen LogP contribution >= 0.6 is 0 Å². The van der Waals surface area contributed by atoms with Crippen LogP contribution in [-0.2, 0) is 40.8 Å². The smallest absolute Gasteiger partial charge is 0.250 e. The first-order valence-corrected chi connectivity index (χ1v) is 42.3. The van der Waals surface area contributed by atoms with Crippen LogP contribution in [0.25, 0.3) is 78.4 Å². The lowest BCUT2D eigenvalue weighted by Gasteiger charge is -2.07. The Morgan fingerprint density at radius 3 is 1.28 bits per heavy atom. The third-order valence-electron chi connectivity index (χ3n) is 20.9. The van der Waals surface area contributed by atoms with Crippen molar-refractivity contribution in [3.63, 3.8) is 0 Å². The van der Waals surface area contributed by atoms with Crippen LogP contribution in [0.3, 0.4) is 0 Å². The van der Waals surface area contributed by atoms with E-state index < -0.39 is 0 Å². The number of hydrogen-bond acceptors (Lipinski definition) is 14. The van der Waals surface area contributed by atoms with Gasteiger partial charge in [0, 0.05) is 62.8 Å². The van der Waals surface area contributed by atoms with Crippen molar-refractivity contribution in [2.24, 2.45) is 51.8 Å². The number of imidazole rings is 6. The fraction of sp³-hybridized carbons (Fsp3) is 0.101. The number of methoxy groups -OCH3 is 1. The fourth-order valence-electron chi connectivity index (χ4n) is 14.0. The fourth-order valence-corrected chi connectivity index (χ4v) is 14.0. The molecule has 0 radical (unpaired) electrons. The zero-order chi connectivity index (χ0) is 89.1. The topological polar surface area (TPSA) is 202 Å². The van der Waals surface area contributed by atoms with E-state index in [1.807, 2.05) is 345 Å². The lowest BCUT2D eigenvalue weighted by Crippen LogP contribution is -2.02. The number of rotatable bonds is 16. The van der Waals surface area contributed by atoms with E-state index in [2.05, 4.69) is 198 Å². The molecule has 0 spiro atoms. The number of nitrogens with one attached hydrogen (secondary N) is 1. The van der Waals surface area contributed by atoms with Gasteiger partial charge in [-0.05, 0) is 214 Å². The molecule has 20 nitrogen and oxygen atoms in total. The number of benzene rings is 14. The van der Waals surface area contributed by atoms with Gasteiger partial charge in [0.25, 0.3) is 0 Å². The number of aromatic nitrogens is 12. The van der Waals surface area contributed by atoms with Crippen LogP contribution in [0.5, 0.6) is 5.75 Å². The van der Waals surface area contributed by atoms with E-state index in [1.165, 1.54) is 22.3 Å². The maximum Gasteiger partial charge on any atom is 0.250 e. The Hall–Kier alpha value is -17.1. The zero-order valence-electron chi connectivity index (χ0n) is 73.1. The number of para-hydroxylation sites is 13. The average molecular weight is 1690 g/mol. The predicted molar refractivity (Wildman–Crippen MR) is 525 cm³/mol. The molecule has 0 amide bonds. The van der Waals surface area contributed by atoms with Gasteiger partial charge in [-0.3, -0.25) is 0 Å². The molecular weight excluding hydrogens is 1590 g/mol. The highest BCUT2D eigenvalue weighted by Crippen LogP contribution is 2.31. The summed E-state index contributed by atoms with van der Waals surface area (Å²) in [5, 5.41) is 29.0. The van der Waals surface area contributed by atoms with Gasteiger partial charge in [0.05, 0.1) is 96.9 Å². The third kappa shape index (κ3) is 22.7. The van der Waals surface area contributed by atoms with E-state index in [0.29, 0.717) is 17.8 Å². The number of azo groups is 3. The molecule has 6 heterocycles. The SMILES string of the molecule is C=CCn1c(/C=C/c2ccccc2)nc2ccccc21.CCn1c(N=Nc2ccc(C)cc2)nc2ccccc21.COc1ccc(C)c(N=Nc2nc3ccccc3n2C)c1.Cc1ccc(Cn2c(C#Cc3ccccc3)nc3ccccc32)cc1.Cn1c(C#Cc2ccccc2)nc2ccccc21.Cn1c(N=Nc2ccc(Nc3ccccc3)cc2)nc2ccccc21. The molecule has 0 aliphatic rings. The summed E-state index contributed by atoms with van der Waals surface area (Å²) in [6.45, 7) is 14.4. The van der Waals surface area contributed by atoms with Crippen molar-refractivity contribution < 1.29 is 4.74 Å². The summed E-state index contributed by atoms with van der Waals surface area (Å²) in [5.74, 6) is 17.9. The first kappa shape index (κ1) is 86.8. The van der Waals surface area contributed by atoms with Crippen LogP contribution in [0.4, 0.5) is 46.3 Å². The lowest BCUT2D eigenvalue weighted by atomic mass is 10.1. The van der Waals surface area contributed by atoms with Gasteiger partial charge in [0.1, 0.15) is 11.6 Å². The molecule has 0 fully saturated rings. The van der Waals surface area contributed by atoms with Crippen molar-refractivity contribution in [1.82, 2.24) is 57.3 Å². The van der Waals surface area contributed by atoms with Gasteiger partial charge >= 0.3 is 0 Å². The molecule has 20 heteroatoms. The van der Waals surface area contributed by atoms with E-state index in [-0.39, 0.29) is 0 Å². The quantitative estimate of drug-likeness (QED) is 0.0559. The molecule has 0 aliphatic carbocycles. The van der Waals surface area contributed by atoms with Crippen molar-refractivity contribution in [3.05, 3.63) is 427 Å². The van der Waals surface area contributed by atoms with Crippen LogP contribution in [0, 0.1) is 44.5 Å². The monoisotopic (exact) mass is 1690 g/mol. The Labute approximate surface area is 750 Å². The number of ether oxygens (including phenoxy) is 1. The predicted octanol–water partition coefficient (Wildman–Crippen LogP) is 27.0. The minimum absolute atomic E-state index is 0.582. The Balaban J connectivity index is 0.000000119. The van der Waals surface area contributed by atoms with Crippen LogP contribution in [0.15, 0.2) is 401 Å². The molecule has 0 unspecified atom stereocenters. The molecule has 0 aliphatic heterocycles. The number of anilines is 2. The average Bonchev–Trinajstić information content (AvgIpc) is 1.71. The van der Waals surface area contributed by atoms with Gasteiger partial charge in [0.2, 0.25) is 17.8 Å². The summed E-state index contributed by atoms with van der Waals surface area (Å²) in [5.41, 5.74) is 24.7. The molecule has 0 saturated carbocycles. The van der Waals surface area contributed by atoms with E-state index in [1.54, 1.807) is 7.11 Å². The zero-order valence-corrected chi connectivity index (χ0v) is 73.1. The Morgan fingerprint density at radius 1 is 0.357 bits per heavy atom. The first-order valence-electron chi connectivity index (χ1n) is 42.3. The van der Waals surface area contributed by atoms with Gasteiger partial charge in [-0.15, -0.1) is 37.3 Å². The molecule has 6 aromatic heterocycles. The number of nitrogens with zero attached hydrogens (tertiary/aromatic N) is 18. The molecule has 0 atom stereocenters. The molecule has 0 bridgehead atoms. The standard InChI is InChI=1S/C23H18N2.C20H17N5.C18H16N2.C16H16N4O.C16H16N4.C16H12N2/c1-18-11-13-20(14-12-18)17-25-22-10-6-5-9-21(22)24-23(25)16-15-19-7-3-2-4-8-19;1-25-19-10-6-5-9-18(19)22-20(25)24-23-17-13-11-16(12-14-17)21-15-7-3-2-4-8-15;1-2-14-20-17-11-7-6-10-16(17)19-18(20)13-12-15-8-4-3-5-9-15;1-11-8-9-12(21-3)10-14(11)18-19-16-17-13-6-4-5-7-15(13)20(16)2;1-3-20-15-7-5-4-6-14(15)17-16(20)19-18-13-10-8-12(2)9-11-13;1-18-15-10-6-5-9-14(15)17-16(18)12-11-13-7-3-2-4-8-13/h2-14H,17H2,1H3;2-14,21H,1H3;2-13H,1,14H2;4-10H,1-3H3;4-11H,3H2,1-2H3;2-10H,1H3/b;;13-12+;;;. The van der Waals surface area contributed by atoms with Crippen LogP contribution in [-0.4, -0.2) is 64.4 Å². The van der Waals surface area contributed by atoms with Gasteiger partial charge in [-0.1, -0.05) is 235 Å². The lowest BCUT2D eigenvalue weighted by molar-refractivity contribution is 0.415. The Morgan fingerprint density at radius 2 is 0.760 bits per heavy atom. The summed E-state index contributed by atoms with van der Waals surface area (Å²) in [7, 11) is 7.50. The second kappa shape index (κ2) is 42.8. The van der Waals surface area contributed by atoms with Crippen LogP contribution < -0.4 is 10.1 Å². The highest BCUT2D eigenvalue weighted by atomic mass is 16.5. The third-order valence-corrected chi connectivity index (χ3v) is 20.9. The second-order valence-electron chi connectivity index (χ2n) is 30.0. The summed E-state index contributed by atoms with van der Waals surface area (Å²) >= 11 is 0. The molecule has 129 heavy (non-hydrogen) atoms. The molecule has 20 rings (SSSR count). The van der Waals surface area contributed by atoms with E-state index in [4.69, 9.17) is 9.72 Å². The minimum Gasteiger partial charge on any atom is -0.497 e. The van der Waals surface area contributed by atoms with Gasteiger partial charge in [-0.2, -0.15) is 0 Å². The van der Waals surface area contributed by atoms with Crippen molar-refractivity contribution in [1.29, 1.82) is 0 Å². The van der Waals surface area contributed by atoms with Crippen molar-refractivity contribution in [2.45, 2.75) is 47.3 Å². The summed E-state index contributed by atoms with van der Waals surface area (Å²) in [6.07, 6.45) is 6.04. The van der Waals surface area contributed by atoms with Crippen molar-refractivity contribution >= 4 is 125 Å². The van der Waals surface area contributed by atoms with E-state index >= 15 is 0 Å². The number of hydrogen-bond donors (Lipinski definition) is 1. The molecule has 20 aromatic rings. The molecule has 1 N–H and O–H groups in total. The first-order chi connectivity index (χ1) is 63.3. The van der Waals surface area contributed by atoms with Crippen LogP contribution in [0.1, 0.15) is 63.3 Å². The van der Waals surface area contributed by atoms with Gasteiger partial charge in [-0.25, -0.2) is 29.9 Å². The Kier molecular flexibility index (Phi) is 28.8. The summed E-state index contributed by atoms with van der Waals surface area (Å²) < 4.78 is 17.5. The summed E-state index contributed by atoms with van der Waals surface area (Å²) in [6, 6.07) is 119. The maximum absolute atomic E-state index is 5.21. The molecule has 632 valence electrons. The highest BCUT2D eigenvalue weighted by molar-refractivity contribution is 5.83. The minimum atomic E-state index is 0.582. The normalized spacial score (nSPS) is 11.0. The Bertz CT molecular complexity index is 7440. The van der Waals surface area contributed by atoms with E-state index in [9.17, 15) is 0 Å². The van der Waals surface area contributed by atoms with Crippen LogP contribution in [0.2, 0.25) is 0 Å². The number of aryl methyl sites for hydroxylation is 7. The highest BCUT2D eigenvalue weighted by Gasteiger charge is 2.14. The van der Waals surface area contributed by atoms with Crippen molar-refractivity contribution in [2.75, 3.05) is 12.4 Å². The van der Waals surface area contributed by atoms with Gasteiger partial charge < -0.3 is 37.5 Å². The number of allylic oxidation sites excluding steroid dienone is 1. The van der Waals surface area contributed by atoms with Crippen molar-refractivity contribution in [3.8, 4) is 29.4 Å². The van der Waals surface area contributed by atoms with Gasteiger partial charge in [0.15, 0.2) is 11.6 Å². The summed E-state index contributed by atoms with van der Waals surface area (Å²) in [4.78, 5) is 27.4. The largest absolute Gasteiger partial charge is 0.497 e. The van der Waals surface area contributed by atoms with E-state index in [0.717, 1.165) is 154 Å². The molecule has 0 saturated heterocycles. The molecular formula is C109H95N19O. The maximum atomic E-state index is 5.21. The number of fused-ring (bicyclic) bond motifs is 6. The molecule has 14 aromatic carbocycles.